The number of carbonyl (C=O) groups excluding carboxylic acids is 2. The van der Waals surface area contributed by atoms with Crippen LogP contribution in [0.5, 0.6) is 0 Å². The first-order chi connectivity index (χ1) is 10.2. The van der Waals surface area contributed by atoms with Crippen LogP contribution in [0.1, 0.15) is 58.4 Å². The van der Waals surface area contributed by atoms with Gasteiger partial charge in [0.25, 0.3) is 5.91 Å². The highest BCUT2D eigenvalue weighted by molar-refractivity contribution is 6.02. The number of benzene rings is 1. The molecule has 1 aromatic rings. The molecule has 2 saturated carbocycles. The van der Waals surface area contributed by atoms with Crippen molar-refractivity contribution in [1.29, 1.82) is 0 Å². The van der Waals surface area contributed by atoms with Crippen LogP contribution in [-0.2, 0) is 6.42 Å². The van der Waals surface area contributed by atoms with Crippen LogP contribution in [0, 0.1) is 17.8 Å². The van der Waals surface area contributed by atoms with Crippen molar-refractivity contribution in [3.05, 3.63) is 34.9 Å². The summed E-state index contributed by atoms with van der Waals surface area (Å²) in [5, 5.41) is 2.91. The number of ketones is 1. The molecule has 2 fully saturated rings. The Morgan fingerprint density at radius 3 is 2.86 bits per heavy atom. The van der Waals surface area contributed by atoms with E-state index in [9.17, 15) is 9.59 Å². The van der Waals surface area contributed by atoms with E-state index < -0.39 is 0 Å². The summed E-state index contributed by atoms with van der Waals surface area (Å²) in [4.78, 5) is 24.9. The lowest BCUT2D eigenvalue weighted by Gasteiger charge is -2.20. The van der Waals surface area contributed by atoms with Gasteiger partial charge in [0.15, 0.2) is 5.78 Å². The maximum Gasteiger partial charge on any atom is 0.251 e. The van der Waals surface area contributed by atoms with Gasteiger partial charge < -0.3 is 5.32 Å². The van der Waals surface area contributed by atoms with Crippen LogP contribution in [-0.4, -0.2) is 18.2 Å². The predicted molar refractivity (Wildman–Crippen MR) is 80.4 cm³/mol. The zero-order chi connectivity index (χ0) is 14.4. The first-order valence-electron chi connectivity index (χ1n) is 8.17. The highest BCUT2D eigenvalue weighted by Crippen LogP contribution is 2.49. The van der Waals surface area contributed by atoms with Gasteiger partial charge in [0, 0.05) is 23.6 Å². The molecule has 1 aliphatic heterocycles. The van der Waals surface area contributed by atoms with E-state index in [1.165, 1.54) is 19.3 Å². The van der Waals surface area contributed by atoms with Crippen molar-refractivity contribution in [3.63, 3.8) is 0 Å². The van der Waals surface area contributed by atoms with Gasteiger partial charge in [-0.2, -0.15) is 0 Å². The summed E-state index contributed by atoms with van der Waals surface area (Å²) in [6.07, 6.45) is 6.71. The number of rotatable bonds is 2. The molecule has 3 unspecified atom stereocenters. The molecule has 2 aliphatic carbocycles. The number of hydrogen-bond acceptors (Lipinski definition) is 2. The first-order valence-corrected chi connectivity index (χ1v) is 8.17. The van der Waals surface area contributed by atoms with E-state index in [0.29, 0.717) is 11.5 Å². The Morgan fingerprint density at radius 1 is 1.19 bits per heavy atom. The lowest BCUT2D eigenvalue weighted by molar-refractivity contribution is 0.0874. The zero-order valence-corrected chi connectivity index (χ0v) is 12.2. The second-order valence-corrected chi connectivity index (χ2v) is 6.88. The van der Waals surface area contributed by atoms with Crippen molar-refractivity contribution in [1.82, 2.24) is 5.32 Å². The number of aryl methyl sites for hydroxylation is 1. The largest absolute Gasteiger partial charge is 0.352 e. The number of carbonyl (C=O) groups is 2. The van der Waals surface area contributed by atoms with Crippen LogP contribution in [0.3, 0.4) is 0 Å². The third-order valence-corrected chi connectivity index (χ3v) is 5.62. The van der Waals surface area contributed by atoms with Crippen LogP contribution in [0.4, 0.5) is 0 Å². The molecule has 3 heteroatoms. The zero-order valence-electron chi connectivity index (χ0n) is 12.2. The number of hydrogen-bond donors (Lipinski definition) is 1. The number of fused-ring (bicyclic) bond motifs is 3. The minimum atomic E-state index is -0.0231. The lowest BCUT2D eigenvalue weighted by atomic mass is 9.82. The highest BCUT2D eigenvalue weighted by atomic mass is 16.1. The molecule has 0 saturated heterocycles. The van der Waals surface area contributed by atoms with Gasteiger partial charge in [-0.1, -0.05) is 18.6 Å². The van der Waals surface area contributed by atoms with E-state index in [1.54, 1.807) is 0 Å². The first kappa shape index (κ1) is 13.1. The molecule has 1 heterocycles. The van der Waals surface area contributed by atoms with Crippen molar-refractivity contribution in [2.75, 3.05) is 6.54 Å². The monoisotopic (exact) mass is 283 g/mol. The van der Waals surface area contributed by atoms with Crippen LogP contribution < -0.4 is 5.32 Å². The third-order valence-electron chi connectivity index (χ3n) is 5.62. The maximum atomic E-state index is 12.8. The fraction of sp³-hybridized carbons (Fsp3) is 0.556. The molecule has 1 N–H and O–H groups in total. The summed E-state index contributed by atoms with van der Waals surface area (Å²) in [6, 6.07) is 5.76. The second-order valence-electron chi connectivity index (χ2n) is 6.88. The van der Waals surface area contributed by atoms with Gasteiger partial charge in [0.05, 0.1) is 0 Å². The van der Waals surface area contributed by atoms with Crippen LogP contribution >= 0.6 is 0 Å². The van der Waals surface area contributed by atoms with E-state index in [-0.39, 0.29) is 17.6 Å². The molecule has 1 amide bonds. The summed E-state index contributed by atoms with van der Waals surface area (Å²) < 4.78 is 0. The van der Waals surface area contributed by atoms with Gasteiger partial charge in [-0.15, -0.1) is 0 Å². The predicted octanol–water partition coefficient (Wildman–Crippen LogP) is 2.98. The molecule has 3 aliphatic rings. The number of Topliss-reactive ketones (excluding diaryl/α,β-unsaturated/α-hetero) is 1. The standard InChI is InChI=1S/C18H21NO2/c20-17(15-9-11-3-4-13(15)8-11)14-6-5-12-2-1-7-19-18(21)16(12)10-14/h5-6,10-11,13,15H,1-4,7-9H2,(H,19,21). The Labute approximate surface area is 125 Å². The summed E-state index contributed by atoms with van der Waals surface area (Å²) in [5.41, 5.74) is 2.53. The molecule has 110 valence electrons. The van der Waals surface area contributed by atoms with Gasteiger partial charge >= 0.3 is 0 Å². The molecule has 4 rings (SSSR count). The van der Waals surface area contributed by atoms with Crippen LogP contribution in [0.2, 0.25) is 0 Å². The quantitative estimate of drug-likeness (QED) is 0.848. The molecule has 0 spiro atoms. The van der Waals surface area contributed by atoms with Crippen LogP contribution in [0.25, 0.3) is 0 Å². The van der Waals surface area contributed by atoms with Crippen molar-refractivity contribution in [2.24, 2.45) is 17.8 Å². The molecular weight excluding hydrogens is 262 g/mol. The van der Waals surface area contributed by atoms with Crippen molar-refractivity contribution in [3.8, 4) is 0 Å². The Morgan fingerprint density at radius 2 is 2.10 bits per heavy atom. The molecule has 3 nitrogen and oxygen atoms in total. The van der Waals surface area contributed by atoms with E-state index in [2.05, 4.69) is 5.32 Å². The van der Waals surface area contributed by atoms with Crippen molar-refractivity contribution >= 4 is 11.7 Å². The molecule has 2 bridgehead atoms. The Bertz CT molecular complexity index is 607. The average Bonchev–Trinajstić information content (AvgIpc) is 3.09. The van der Waals surface area contributed by atoms with Gasteiger partial charge in [-0.3, -0.25) is 9.59 Å². The minimum absolute atomic E-state index is 0.0231. The molecular formula is C18H21NO2. The fourth-order valence-electron chi connectivity index (χ4n) is 4.52. The van der Waals surface area contributed by atoms with E-state index in [1.807, 2.05) is 18.2 Å². The summed E-state index contributed by atoms with van der Waals surface area (Å²) in [5.74, 6) is 1.81. The van der Waals surface area contributed by atoms with Crippen molar-refractivity contribution in [2.45, 2.75) is 38.5 Å². The van der Waals surface area contributed by atoms with E-state index in [0.717, 1.165) is 42.9 Å². The molecule has 1 aromatic carbocycles. The Kier molecular flexibility index (Phi) is 3.09. The Balaban J connectivity index is 1.63. The smallest absolute Gasteiger partial charge is 0.251 e. The second kappa shape index (κ2) is 4.97. The molecule has 21 heavy (non-hydrogen) atoms. The average molecular weight is 283 g/mol. The fourth-order valence-corrected chi connectivity index (χ4v) is 4.52. The van der Waals surface area contributed by atoms with E-state index >= 15 is 0 Å². The highest BCUT2D eigenvalue weighted by Gasteiger charge is 2.43. The van der Waals surface area contributed by atoms with Gasteiger partial charge in [-0.25, -0.2) is 0 Å². The summed E-state index contributed by atoms with van der Waals surface area (Å²) >= 11 is 0. The van der Waals surface area contributed by atoms with Gasteiger partial charge in [0.1, 0.15) is 0 Å². The summed E-state index contributed by atoms with van der Waals surface area (Å²) in [7, 11) is 0. The minimum Gasteiger partial charge on any atom is -0.352 e. The van der Waals surface area contributed by atoms with Gasteiger partial charge in [-0.05, 0) is 55.6 Å². The normalized spacial score (nSPS) is 30.7. The maximum absolute atomic E-state index is 12.8. The topological polar surface area (TPSA) is 46.2 Å². The van der Waals surface area contributed by atoms with Crippen LogP contribution in [0.15, 0.2) is 18.2 Å². The SMILES string of the molecule is O=C1NCCCc2ccc(C(=O)C3CC4CCC3C4)cc21. The van der Waals surface area contributed by atoms with Gasteiger partial charge in [0.2, 0.25) is 0 Å². The number of nitrogens with one attached hydrogen (secondary N) is 1. The van der Waals surface area contributed by atoms with E-state index in [4.69, 9.17) is 0 Å². The number of amides is 1. The molecule has 0 aromatic heterocycles. The molecule has 0 radical (unpaired) electrons. The molecule has 3 atom stereocenters. The summed E-state index contributed by atoms with van der Waals surface area (Å²) in [6.45, 7) is 0.725. The van der Waals surface area contributed by atoms with Crippen molar-refractivity contribution < 1.29 is 9.59 Å². The lowest BCUT2D eigenvalue weighted by Crippen LogP contribution is -2.24. The Hall–Kier alpha value is -1.64. The third kappa shape index (κ3) is 2.19.